The number of methoxy groups -OCH3 is 2. The van der Waals surface area contributed by atoms with Crippen LogP contribution in [-0.4, -0.2) is 19.8 Å². The molecule has 0 radical (unpaired) electrons. The van der Waals surface area contributed by atoms with E-state index in [0.717, 1.165) is 17.1 Å². The molecule has 0 spiro atoms. The van der Waals surface area contributed by atoms with Crippen molar-refractivity contribution in [2.75, 3.05) is 14.2 Å². The Morgan fingerprint density at radius 2 is 1.78 bits per heavy atom. The normalized spacial score (nSPS) is 13.2. The summed E-state index contributed by atoms with van der Waals surface area (Å²) in [6.07, 6.45) is 0. The second-order valence-electron chi connectivity index (χ2n) is 5.16. The predicted molar refractivity (Wildman–Crippen MR) is 71.9 cm³/mol. The van der Waals surface area contributed by atoms with Crippen molar-refractivity contribution in [1.82, 2.24) is 5.48 Å². The molecule has 1 rings (SSSR count). The Bertz CT molecular complexity index is 385. The summed E-state index contributed by atoms with van der Waals surface area (Å²) in [5.74, 6) is 1.61. The van der Waals surface area contributed by atoms with Crippen LogP contribution in [0.4, 0.5) is 0 Å². The van der Waals surface area contributed by atoms with Gasteiger partial charge >= 0.3 is 0 Å². The standard InChI is InChI=1S/C14H23NO3/c1-10(15-18-14(2,3)4)12-9-11(16-5)7-8-13(12)17-6/h7-10,15H,1-6H3. The van der Waals surface area contributed by atoms with Gasteiger partial charge in [-0.3, -0.25) is 4.84 Å². The first kappa shape index (κ1) is 14.8. The van der Waals surface area contributed by atoms with Gasteiger partial charge in [0.1, 0.15) is 11.5 Å². The molecule has 0 heterocycles. The zero-order valence-corrected chi connectivity index (χ0v) is 12.0. The molecule has 1 aromatic rings. The zero-order valence-electron chi connectivity index (χ0n) is 12.0. The number of benzene rings is 1. The highest BCUT2D eigenvalue weighted by atomic mass is 16.7. The van der Waals surface area contributed by atoms with Crippen molar-refractivity contribution in [1.29, 1.82) is 0 Å². The zero-order chi connectivity index (χ0) is 13.8. The van der Waals surface area contributed by atoms with E-state index >= 15 is 0 Å². The average Bonchev–Trinajstić information content (AvgIpc) is 2.34. The number of nitrogens with one attached hydrogen (secondary N) is 1. The molecule has 0 saturated heterocycles. The molecule has 4 nitrogen and oxygen atoms in total. The maximum atomic E-state index is 5.57. The molecule has 1 unspecified atom stereocenters. The van der Waals surface area contributed by atoms with Crippen LogP contribution in [0.25, 0.3) is 0 Å². The Hall–Kier alpha value is -1.26. The number of hydroxylamine groups is 1. The van der Waals surface area contributed by atoms with Gasteiger partial charge in [0.25, 0.3) is 0 Å². The topological polar surface area (TPSA) is 39.7 Å². The second kappa shape index (κ2) is 6.07. The van der Waals surface area contributed by atoms with Crippen molar-refractivity contribution >= 4 is 0 Å². The van der Waals surface area contributed by atoms with Gasteiger partial charge in [-0.2, -0.15) is 5.48 Å². The smallest absolute Gasteiger partial charge is 0.123 e. The maximum absolute atomic E-state index is 5.57. The van der Waals surface area contributed by atoms with Gasteiger partial charge < -0.3 is 9.47 Å². The Labute approximate surface area is 109 Å². The molecular formula is C14H23NO3. The minimum absolute atomic E-state index is 0.00859. The molecule has 0 aliphatic carbocycles. The third-order valence-corrected chi connectivity index (χ3v) is 2.45. The van der Waals surface area contributed by atoms with Crippen LogP contribution in [0.3, 0.4) is 0 Å². The van der Waals surface area contributed by atoms with E-state index in [4.69, 9.17) is 14.3 Å². The molecule has 0 aromatic heterocycles. The SMILES string of the molecule is COc1ccc(OC)c(C(C)NOC(C)(C)C)c1. The fourth-order valence-electron chi connectivity index (χ4n) is 1.51. The third-order valence-electron chi connectivity index (χ3n) is 2.45. The van der Waals surface area contributed by atoms with E-state index in [1.807, 2.05) is 45.9 Å². The lowest BCUT2D eigenvalue weighted by molar-refractivity contribution is -0.0868. The first-order chi connectivity index (χ1) is 8.37. The third kappa shape index (κ3) is 4.20. The molecule has 0 amide bonds. The van der Waals surface area contributed by atoms with Crippen molar-refractivity contribution in [2.45, 2.75) is 39.3 Å². The molecule has 1 N–H and O–H groups in total. The van der Waals surface area contributed by atoms with Crippen LogP contribution in [-0.2, 0) is 4.84 Å². The van der Waals surface area contributed by atoms with Crippen molar-refractivity contribution in [2.24, 2.45) is 0 Å². The summed E-state index contributed by atoms with van der Waals surface area (Å²) >= 11 is 0. The van der Waals surface area contributed by atoms with Crippen molar-refractivity contribution in [3.05, 3.63) is 23.8 Å². The number of hydrogen-bond donors (Lipinski definition) is 1. The molecule has 0 aliphatic rings. The van der Waals surface area contributed by atoms with E-state index in [2.05, 4.69) is 5.48 Å². The van der Waals surface area contributed by atoms with Gasteiger partial charge in [0, 0.05) is 5.56 Å². The molecule has 4 heteroatoms. The maximum Gasteiger partial charge on any atom is 0.123 e. The summed E-state index contributed by atoms with van der Waals surface area (Å²) in [4.78, 5) is 5.57. The lowest BCUT2D eigenvalue weighted by Crippen LogP contribution is -2.31. The summed E-state index contributed by atoms with van der Waals surface area (Å²) in [6, 6.07) is 5.72. The first-order valence-corrected chi connectivity index (χ1v) is 6.03. The van der Waals surface area contributed by atoms with Gasteiger partial charge in [-0.1, -0.05) is 0 Å². The fourth-order valence-corrected chi connectivity index (χ4v) is 1.51. The Morgan fingerprint density at radius 1 is 1.11 bits per heavy atom. The Morgan fingerprint density at radius 3 is 2.28 bits per heavy atom. The molecule has 0 fully saturated rings. The highest BCUT2D eigenvalue weighted by Crippen LogP contribution is 2.29. The van der Waals surface area contributed by atoms with Crippen LogP contribution in [0.2, 0.25) is 0 Å². The van der Waals surface area contributed by atoms with Gasteiger partial charge in [0.15, 0.2) is 0 Å². The molecular weight excluding hydrogens is 230 g/mol. The highest BCUT2D eigenvalue weighted by Gasteiger charge is 2.16. The van der Waals surface area contributed by atoms with Crippen molar-refractivity contribution in [3.63, 3.8) is 0 Å². The quantitative estimate of drug-likeness (QED) is 0.819. The molecule has 0 bridgehead atoms. The monoisotopic (exact) mass is 253 g/mol. The van der Waals surface area contributed by atoms with Gasteiger partial charge in [0.2, 0.25) is 0 Å². The molecule has 0 aliphatic heterocycles. The van der Waals surface area contributed by atoms with Crippen LogP contribution >= 0.6 is 0 Å². The van der Waals surface area contributed by atoms with Gasteiger partial charge in [-0.25, -0.2) is 0 Å². The summed E-state index contributed by atoms with van der Waals surface area (Å²) in [5.41, 5.74) is 3.79. The van der Waals surface area contributed by atoms with Crippen LogP contribution in [0.15, 0.2) is 18.2 Å². The Balaban J connectivity index is 2.85. The largest absolute Gasteiger partial charge is 0.497 e. The van der Waals surface area contributed by atoms with Crippen molar-refractivity contribution < 1.29 is 14.3 Å². The van der Waals surface area contributed by atoms with Crippen molar-refractivity contribution in [3.8, 4) is 11.5 Å². The molecule has 1 atom stereocenters. The molecule has 0 saturated carbocycles. The van der Waals surface area contributed by atoms with E-state index in [-0.39, 0.29) is 11.6 Å². The van der Waals surface area contributed by atoms with E-state index in [9.17, 15) is 0 Å². The van der Waals surface area contributed by atoms with E-state index in [1.54, 1.807) is 14.2 Å². The van der Waals surface area contributed by atoms with E-state index < -0.39 is 0 Å². The summed E-state index contributed by atoms with van der Waals surface area (Å²) in [7, 11) is 3.30. The first-order valence-electron chi connectivity index (χ1n) is 6.03. The van der Waals surface area contributed by atoms with E-state index in [1.165, 1.54) is 0 Å². The van der Waals surface area contributed by atoms with Crippen LogP contribution in [0.1, 0.15) is 39.3 Å². The van der Waals surface area contributed by atoms with Crippen LogP contribution in [0, 0.1) is 0 Å². The lowest BCUT2D eigenvalue weighted by atomic mass is 10.1. The van der Waals surface area contributed by atoms with E-state index in [0.29, 0.717) is 0 Å². The number of ether oxygens (including phenoxy) is 2. The number of rotatable bonds is 5. The minimum Gasteiger partial charge on any atom is -0.497 e. The molecule has 102 valence electrons. The summed E-state index contributed by atoms with van der Waals surface area (Å²) < 4.78 is 10.6. The van der Waals surface area contributed by atoms with Gasteiger partial charge in [-0.15, -0.1) is 0 Å². The van der Waals surface area contributed by atoms with Gasteiger partial charge in [0.05, 0.1) is 25.9 Å². The Kier molecular flexibility index (Phi) is 4.99. The number of hydrogen-bond acceptors (Lipinski definition) is 4. The van der Waals surface area contributed by atoms with Crippen LogP contribution < -0.4 is 15.0 Å². The predicted octanol–water partition coefficient (Wildman–Crippen LogP) is 3.08. The highest BCUT2D eigenvalue weighted by molar-refractivity contribution is 5.41. The summed E-state index contributed by atoms with van der Waals surface area (Å²) in [5, 5.41) is 0. The molecule has 18 heavy (non-hydrogen) atoms. The average molecular weight is 253 g/mol. The van der Waals surface area contributed by atoms with Gasteiger partial charge in [-0.05, 0) is 45.9 Å². The molecule has 1 aromatic carbocycles. The summed E-state index contributed by atoms with van der Waals surface area (Å²) in [6.45, 7) is 8.00. The fraction of sp³-hybridized carbons (Fsp3) is 0.571. The lowest BCUT2D eigenvalue weighted by Gasteiger charge is -2.24. The van der Waals surface area contributed by atoms with Crippen LogP contribution in [0.5, 0.6) is 11.5 Å². The minimum atomic E-state index is -0.236. The second-order valence-corrected chi connectivity index (χ2v) is 5.16.